The Morgan fingerprint density at radius 1 is 0.821 bits per heavy atom. The lowest BCUT2D eigenvalue weighted by atomic mass is 9.99. The molecule has 0 aromatic heterocycles. The minimum absolute atomic E-state index is 0.0918. The van der Waals surface area contributed by atoms with Gasteiger partial charge in [-0.05, 0) is 42.0 Å². The van der Waals surface area contributed by atoms with Crippen molar-refractivity contribution in [2.75, 3.05) is 19.1 Å². The van der Waals surface area contributed by atoms with Gasteiger partial charge in [0.05, 0.1) is 26.5 Å². The van der Waals surface area contributed by atoms with Crippen LogP contribution in [0, 0.1) is 0 Å². The van der Waals surface area contributed by atoms with E-state index in [1.165, 1.54) is 6.92 Å². The van der Waals surface area contributed by atoms with Gasteiger partial charge in [0.1, 0.15) is 17.2 Å². The minimum Gasteiger partial charge on any atom is -0.497 e. The van der Waals surface area contributed by atoms with Gasteiger partial charge in [-0.1, -0.05) is 30.3 Å². The Bertz CT molecular complexity index is 918. The molecule has 0 fully saturated rings. The summed E-state index contributed by atoms with van der Waals surface area (Å²) < 4.78 is 16.7. The number of carbonyl (C=O) groups is 1. The molecule has 0 atom stereocenters. The van der Waals surface area contributed by atoms with Gasteiger partial charge in [0, 0.05) is 13.0 Å². The lowest BCUT2D eigenvalue weighted by Crippen LogP contribution is -2.28. The van der Waals surface area contributed by atoms with Crippen molar-refractivity contribution in [2.24, 2.45) is 0 Å². The number of ether oxygens (including phenoxy) is 3. The number of rotatable bonds is 7. The van der Waals surface area contributed by atoms with Gasteiger partial charge in [-0.15, -0.1) is 0 Å². The number of methoxy groups -OCH3 is 2. The van der Waals surface area contributed by atoms with Crippen LogP contribution in [-0.2, 0) is 11.3 Å². The Morgan fingerprint density at radius 3 is 2.04 bits per heavy atom. The first kappa shape index (κ1) is 19.3. The van der Waals surface area contributed by atoms with E-state index in [4.69, 9.17) is 14.2 Å². The zero-order valence-corrected chi connectivity index (χ0v) is 16.2. The van der Waals surface area contributed by atoms with Crippen LogP contribution in [0.25, 0.3) is 0 Å². The molecule has 3 aromatic rings. The number of nitrogens with zero attached hydrogens (tertiary/aromatic N) is 1. The molecule has 0 unspecified atom stereocenters. The third-order valence-electron chi connectivity index (χ3n) is 4.26. The summed E-state index contributed by atoms with van der Waals surface area (Å²) in [5.41, 5.74) is 1.58. The fourth-order valence-corrected chi connectivity index (χ4v) is 2.89. The van der Waals surface area contributed by atoms with E-state index in [1.807, 2.05) is 66.7 Å². The van der Waals surface area contributed by atoms with Crippen molar-refractivity contribution in [3.63, 3.8) is 0 Å². The Hall–Kier alpha value is -3.47. The van der Waals surface area contributed by atoms with Crippen LogP contribution in [0.15, 0.2) is 72.8 Å². The maximum absolute atomic E-state index is 12.5. The van der Waals surface area contributed by atoms with Crippen LogP contribution in [-0.4, -0.2) is 20.1 Å². The Balaban J connectivity index is 1.94. The Kier molecular flexibility index (Phi) is 6.17. The molecule has 3 rings (SSSR count). The molecule has 28 heavy (non-hydrogen) atoms. The first-order valence-electron chi connectivity index (χ1n) is 8.92. The molecule has 1 amide bonds. The maximum atomic E-state index is 12.5. The molecule has 0 radical (unpaired) electrons. The van der Waals surface area contributed by atoms with Gasteiger partial charge in [0.15, 0.2) is 5.75 Å². The zero-order valence-electron chi connectivity index (χ0n) is 16.2. The van der Waals surface area contributed by atoms with E-state index in [0.717, 1.165) is 5.56 Å². The number of benzene rings is 3. The molecule has 0 heterocycles. The average Bonchev–Trinajstić information content (AvgIpc) is 2.73. The fraction of sp³-hybridized carbons (Fsp3) is 0.174. The highest BCUT2D eigenvalue weighted by Crippen LogP contribution is 2.34. The summed E-state index contributed by atoms with van der Waals surface area (Å²) in [6.45, 7) is 1.90. The van der Waals surface area contributed by atoms with Crippen LogP contribution in [0.3, 0.4) is 0 Å². The molecule has 0 aliphatic rings. The van der Waals surface area contributed by atoms with Crippen LogP contribution >= 0.6 is 0 Å². The molecule has 0 spiro atoms. The second kappa shape index (κ2) is 8.95. The largest absolute Gasteiger partial charge is 0.497 e. The van der Waals surface area contributed by atoms with E-state index in [1.54, 1.807) is 25.2 Å². The van der Waals surface area contributed by atoms with Crippen molar-refractivity contribution < 1.29 is 19.0 Å². The van der Waals surface area contributed by atoms with E-state index in [-0.39, 0.29) is 5.91 Å². The molecule has 0 aliphatic heterocycles. The standard InChI is InChI=1S/C23H23NO4/c1-17(25)24(16-18-13-20(26-2)15-21(14-18)27-3)22-11-7-8-12-23(22)28-19-9-5-4-6-10-19/h4-15H,16H2,1-3H3/i17-1. The topological polar surface area (TPSA) is 48.0 Å². The first-order chi connectivity index (χ1) is 13.6. The van der Waals surface area contributed by atoms with Crippen LogP contribution in [0.1, 0.15) is 12.5 Å². The van der Waals surface area contributed by atoms with Gasteiger partial charge >= 0.3 is 0 Å². The molecule has 0 saturated heterocycles. The van der Waals surface area contributed by atoms with E-state index < -0.39 is 0 Å². The SMILES string of the molecule is COc1cc(CN(c2ccccc2Oc2ccccc2)[11C](C)=O)cc(OC)c1. The van der Waals surface area contributed by atoms with E-state index in [9.17, 15) is 4.79 Å². The summed E-state index contributed by atoms with van der Waals surface area (Å²) in [5.74, 6) is 2.57. The van der Waals surface area contributed by atoms with Gasteiger partial charge in [-0.3, -0.25) is 4.79 Å². The molecule has 5 nitrogen and oxygen atoms in total. The summed E-state index contributed by atoms with van der Waals surface area (Å²) in [7, 11) is 3.20. The lowest BCUT2D eigenvalue weighted by Gasteiger charge is -2.24. The number of amides is 1. The molecule has 144 valence electrons. The molecular weight excluding hydrogens is 353 g/mol. The smallest absolute Gasteiger partial charge is 0.224 e. The molecular formula is C23H23NO4. The van der Waals surface area contributed by atoms with Crippen LogP contribution in [0.4, 0.5) is 5.69 Å². The van der Waals surface area contributed by atoms with Crippen molar-refractivity contribution >= 4 is 11.6 Å². The molecule has 3 aromatic carbocycles. The van der Waals surface area contributed by atoms with Crippen molar-refractivity contribution in [3.05, 3.63) is 78.4 Å². The monoisotopic (exact) mass is 376 g/mol. The van der Waals surface area contributed by atoms with Crippen molar-refractivity contribution in [3.8, 4) is 23.0 Å². The van der Waals surface area contributed by atoms with Gasteiger partial charge < -0.3 is 19.1 Å². The highest BCUT2D eigenvalue weighted by molar-refractivity contribution is 5.93. The highest BCUT2D eigenvalue weighted by atomic mass is 16.5. The van der Waals surface area contributed by atoms with Gasteiger partial charge in [-0.25, -0.2) is 0 Å². The molecule has 5 heteroatoms. The number of anilines is 1. The van der Waals surface area contributed by atoms with E-state index in [0.29, 0.717) is 35.2 Å². The van der Waals surface area contributed by atoms with E-state index >= 15 is 0 Å². The van der Waals surface area contributed by atoms with Crippen molar-refractivity contribution in [2.45, 2.75) is 13.5 Å². The quantitative estimate of drug-likeness (QED) is 0.579. The zero-order chi connectivity index (χ0) is 19.9. The molecule has 0 saturated carbocycles. The predicted octanol–water partition coefficient (Wildman–Crippen LogP) is 5.05. The molecule has 0 N–H and O–H groups in total. The van der Waals surface area contributed by atoms with Gasteiger partial charge in [-0.2, -0.15) is 0 Å². The summed E-state index contributed by atoms with van der Waals surface area (Å²) >= 11 is 0. The van der Waals surface area contributed by atoms with E-state index in [2.05, 4.69) is 0 Å². The Morgan fingerprint density at radius 2 is 1.43 bits per heavy atom. The minimum atomic E-state index is -0.0918. The van der Waals surface area contributed by atoms with Gasteiger partial charge in [0.25, 0.3) is 0 Å². The third-order valence-corrected chi connectivity index (χ3v) is 4.26. The summed E-state index contributed by atoms with van der Waals surface area (Å²) in [6.07, 6.45) is 0. The van der Waals surface area contributed by atoms with Crippen LogP contribution in [0.2, 0.25) is 0 Å². The number of hydrogen-bond donors (Lipinski definition) is 0. The summed E-state index contributed by atoms with van der Waals surface area (Å²) in [4.78, 5) is 14.1. The average molecular weight is 376 g/mol. The number of hydrogen-bond acceptors (Lipinski definition) is 4. The second-order valence-corrected chi connectivity index (χ2v) is 6.21. The van der Waals surface area contributed by atoms with Gasteiger partial charge in [0.2, 0.25) is 5.91 Å². The summed E-state index contributed by atoms with van der Waals surface area (Å²) in [6, 6.07) is 22.6. The number of para-hydroxylation sites is 3. The highest BCUT2D eigenvalue weighted by Gasteiger charge is 2.18. The summed E-state index contributed by atoms with van der Waals surface area (Å²) in [5, 5.41) is 0. The van der Waals surface area contributed by atoms with Crippen LogP contribution < -0.4 is 19.1 Å². The second-order valence-electron chi connectivity index (χ2n) is 6.21. The fourth-order valence-electron chi connectivity index (χ4n) is 2.89. The first-order valence-corrected chi connectivity index (χ1v) is 8.92. The molecule has 0 aliphatic carbocycles. The molecule has 0 bridgehead atoms. The lowest BCUT2D eigenvalue weighted by molar-refractivity contribution is -0.116. The third kappa shape index (κ3) is 4.62. The normalized spacial score (nSPS) is 10.2. The Labute approximate surface area is 165 Å². The van der Waals surface area contributed by atoms with Crippen molar-refractivity contribution in [1.29, 1.82) is 0 Å². The van der Waals surface area contributed by atoms with Crippen molar-refractivity contribution in [1.82, 2.24) is 0 Å². The maximum Gasteiger partial charge on any atom is 0.224 e. The van der Waals surface area contributed by atoms with Crippen LogP contribution in [0.5, 0.6) is 23.0 Å². The number of carbonyl (C=O) groups excluding carboxylic acids is 1. The predicted molar refractivity (Wildman–Crippen MR) is 109 cm³/mol.